The van der Waals surface area contributed by atoms with Gasteiger partial charge in [-0.2, -0.15) is 5.10 Å². The van der Waals surface area contributed by atoms with Crippen molar-refractivity contribution in [3.8, 4) is 11.6 Å². The fourth-order valence-electron chi connectivity index (χ4n) is 1.91. The zero-order valence-electron chi connectivity index (χ0n) is 12.7. The minimum Gasteiger partial charge on any atom is -0.439 e. The molecule has 2 amide bonds. The zero-order valence-corrected chi connectivity index (χ0v) is 13.5. The standard InChI is InChI=1S/C16H14ClN5O2/c1-22-9-8-14(21-22)20-16(23)19-12-3-5-13(6-4-12)24-15-7-2-11(17)10-18-15/h2-10H,1H3,(H2,19,20,21,23). The van der Waals surface area contributed by atoms with Crippen molar-refractivity contribution >= 4 is 29.1 Å². The molecule has 0 radical (unpaired) electrons. The summed E-state index contributed by atoms with van der Waals surface area (Å²) in [6.07, 6.45) is 3.25. The van der Waals surface area contributed by atoms with E-state index < -0.39 is 0 Å². The van der Waals surface area contributed by atoms with Gasteiger partial charge in [-0.1, -0.05) is 11.6 Å². The van der Waals surface area contributed by atoms with Crippen molar-refractivity contribution < 1.29 is 9.53 Å². The van der Waals surface area contributed by atoms with Crippen LogP contribution >= 0.6 is 11.6 Å². The lowest BCUT2D eigenvalue weighted by Crippen LogP contribution is -2.19. The number of halogens is 1. The van der Waals surface area contributed by atoms with Crippen molar-refractivity contribution in [3.05, 3.63) is 59.9 Å². The van der Waals surface area contributed by atoms with Crippen LogP contribution in [-0.2, 0) is 7.05 Å². The first-order valence-electron chi connectivity index (χ1n) is 7.05. The number of hydrogen-bond acceptors (Lipinski definition) is 4. The number of benzene rings is 1. The van der Waals surface area contributed by atoms with Gasteiger partial charge in [-0.15, -0.1) is 0 Å². The first-order chi connectivity index (χ1) is 11.6. The lowest BCUT2D eigenvalue weighted by molar-refractivity contribution is 0.262. The van der Waals surface area contributed by atoms with Gasteiger partial charge in [0.2, 0.25) is 5.88 Å². The third-order valence-electron chi connectivity index (χ3n) is 2.99. The number of urea groups is 1. The van der Waals surface area contributed by atoms with Crippen LogP contribution in [0.25, 0.3) is 0 Å². The van der Waals surface area contributed by atoms with Crippen molar-refractivity contribution in [2.45, 2.75) is 0 Å². The van der Waals surface area contributed by atoms with E-state index in [0.717, 1.165) is 0 Å². The number of carbonyl (C=O) groups excluding carboxylic acids is 1. The highest BCUT2D eigenvalue weighted by Crippen LogP contribution is 2.22. The van der Waals surface area contributed by atoms with E-state index in [1.807, 2.05) is 0 Å². The average molecular weight is 344 g/mol. The van der Waals surface area contributed by atoms with Crippen LogP contribution in [0, 0.1) is 0 Å². The van der Waals surface area contributed by atoms with Crippen molar-refractivity contribution in [1.29, 1.82) is 0 Å². The first kappa shape index (κ1) is 15.8. The number of amides is 2. The van der Waals surface area contributed by atoms with Crippen LogP contribution in [0.4, 0.5) is 16.3 Å². The number of aromatic nitrogens is 3. The van der Waals surface area contributed by atoms with Crippen LogP contribution in [0.3, 0.4) is 0 Å². The number of aryl methyl sites for hydroxylation is 1. The van der Waals surface area contributed by atoms with E-state index in [1.165, 1.54) is 6.20 Å². The topological polar surface area (TPSA) is 81.1 Å². The second kappa shape index (κ2) is 7.01. The zero-order chi connectivity index (χ0) is 16.9. The number of ether oxygens (including phenoxy) is 1. The minimum atomic E-state index is -0.373. The van der Waals surface area contributed by atoms with Crippen LogP contribution < -0.4 is 15.4 Å². The molecule has 0 unspecified atom stereocenters. The Balaban J connectivity index is 1.57. The number of anilines is 2. The summed E-state index contributed by atoms with van der Waals surface area (Å²) >= 11 is 5.77. The molecular weight excluding hydrogens is 330 g/mol. The van der Waals surface area contributed by atoms with Crippen molar-refractivity contribution in [2.75, 3.05) is 10.6 Å². The van der Waals surface area contributed by atoms with Gasteiger partial charge in [0.05, 0.1) is 5.02 Å². The summed E-state index contributed by atoms with van der Waals surface area (Å²) in [4.78, 5) is 15.9. The number of hydrogen-bond donors (Lipinski definition) is 2. The second-order valence-corrected chi connectivity index (χ2v) is 5.33. The predicted molar refractivity (Wildman–Crippen MR) is 91.6 cm³/mol. The van der Waals surface area contributed by atoms with Gasteiger partial charge in [-0.25, -0.2) is 9.78 Å². The molecule has 0 aliphatic rings. The molecule has 0 atom stereocenters. The van der Waals surface area contributed by atoms with E-state index in [1.54, 1.807) is 60.4 Å². The third kappa shape index (κ3) is 4.23. The maximum absolute atomic E-state index is 11.9. The van der Waals surface area contributed by atoms with E-state index in [4.69, 9.17) is 16.3 Å². The van der Waals surface area contributed by atoms with Crippen molar-refractivity contribution in [1.82, 2.24) is 14.8 Å². The van der Waals surface area contributed by atoms with Crippen LogP contribution in [0.15, 0.2) is 54.9 Å². The monoisotopic (exact) mass is 343 g/mol. The van der Waals surface area contributed by atoms with E-state index in [2.05, 4.69) is 20.7 Å². The number of pyridine rings is 1. The van der Waals surface area contributed by atoms with Crippen LogP contribution in [0.5, 0.6) is 11.6 Å². The third-order valence-corrected chi connectivity index (χ3v) is 3.21. The Hall–Kier alpha value is -3.06. The van der Waals surface area contributed by atoms with Crippen LogP contribution in [0.1, 0.15) is 0 Å². The Kier molecular flexibility index (Phi) is 4.62. The van der Waals surface area contributed by atoms with Gasteiger partial charge >= 0.3 is 6.03 Å². The Morgan fingerprint density at radius 3 is 2.54 bits per heavy atom. The number of rotatable bonds is 4. The highest BCUT2D eigenvalue weighted by atomic mass is 35.5. The number of nitrogens with one attached hydrogen (secondary N) is 2. The second-order valence-electron chi connectivity index (χ2n) is 4.89. The van der Waals surface area contributed by atoms with E-state index >= 15 is 0 Å². The highest BCUT2D eigenvalue weighted by molar-refractivity contribution is 6.30. The molecule has 3 aromatic rings. The number of nitrogens with zero attached hydrogens (tertiary/aromatic N) is 3. The van der Waals surface area contributed by atoms with Gasteiger partial charge in [0.1, 0.15) is 5.75 Å². The molecule has 8 heteroatoms. The molecule has 0 saturated heterocycles. The van der Waals surface area contributed by atoms with Crippen LogP contribution in [-0.4, -0.2) is 20.8 Å². The molecule has 0 saturated carbocycles. The molecule has 0 aliphatic heterocycles. The minimum absolute atomic E-state index is 0.373. The predicted octanol–water partition coefficient (Wildman–Crippen LogP) is 3.90. The van der Waals surface area contributed by atoms with Gasteiger partial charge in [0.15, 0.2) is 5.82 Å². The quantitative estimate of drug-likeness (QED) is 0.752. The van der Waals surface area contributed by atoms with Gasteiger partial charge < -0.3 is 10.1 Å². The molecule has 2 N–H and O–H groups in total. The van der Waals surface area contributed by atoms with E-state index in [0.29, 0.717) is 28.2 Å². The Morgan fingerprint density at radius 1 is 1.12 bits per heavy atom. The summed E-state index contributed by atoms with van der Waals surface area (Å²) in [5.41, 5.74) is 0.625. The normalized spacial score (nSPS) is 10.2. The summed E-state index contributed by atoms with van der Waals surface area (Å²) in [5, 5.41) is 9.96. The molecule has 2 heterocycles. The SMILES string of the molecule is Cn1ccc(NC(=O)Nc2ccc(Oc3ccc(Cl)cn3)cc2)n1. The number of carbonyl (C=O) groups is 1. The fourth-order valence-corrected chi connectivity index (χ4v) is 2.02. The molecule has 0 fully saturated rings. The first-order valence-corrected chi connectivity index (χ1v) is 7.43. The highest BCUT2D eigenvalue weighted by Gasteiger charge is 2.05. The van der Waals surface area contributed by atoms with Gasteiger partial charge in [-0.05, 0) is 30.3 Å². The molecule has 1 aromatic carbocycles. The molecule has 2 aromatic heterocycles. The maximum atomic E-state index is 11.9. The Morgan fingerprint density at radius 2 is 1.92 bits per heavy atom. The molecule has 122 valence electrons. The molecule has 0 spiro atoms. The van der Waals surface area contributed by atoms with E-state index in [9.17, 15) is 4.79 Å². The lowest BCUT2D eigenvalue weighted by Gasteiger charge is -2.08. The Bertz CT molecular complexity index is 830. The lowest BCUT2D eigenvalue weighted by atomic mass is 10.3. The summed E-state index contributed by atoms with van der Waals surface area (Å²) in [6, 6.07) is 11.6. The molecule has 0 bridgehead atoms. The molecule has 24 heavy (non-hydrogen) atoms. The van der Waals surface area contributed by atoms with Gasteiger partial charge in [-0.3, -0.25) is 10.00 Å². The molecular formula is C16H14ClN5O2. The summed E-state index contributed by atoms with van der Waals surface area (Å²) in [7, 11) is 1.78. The average Bonchev–Trinajstić information content (AvgIpc) is 2.96. The molecule has 3 rings (SSSR count). The van der Waals surface area contributed by atoms with Gasteiger partial charge in [0.25, 0.3) is 0 Å². The van der Waals surface area contributed by atoms with Crippen molar-refractivity contribution in [3.63, 3.8) is 0 Å². The molecule has 7 nitrogen and oxygen atoms in total. The van der Waals surface area contributed by atoms with Gasteiger partial charge in [0, 0.05) is 37.3 Å². The smallest absolute Gasteiger partial charge is 0.324 e. The molecule has 0 aliphatic carbocycles. The van der Waals surface area contributed by atoms with Crippen LogP contribution in [0.2, 0.25) is 5.02 Å². The Labute approximate surface area is 143 Å². The summed E-state index contributed by atoms with van der Waals surface area (Å²) in [6.45, 7) is 0. The largest absolute Gasteiger partial charge is 0.439 e. The van der Waals surface area contributed by atoms with Crippen molar-refractivity contribution in [2.24, 2.45) is 7.05 Å². The summed E-state index contributed by atoms with van der Waals surface area (Å²) < 4.78 is 7.18. The maximum Gasteiger partial charge on any atom is 0.324 e. The summed E-state index contributed by atoms with van der Waals surface area (Å²) in [5.74, 6) is 1.51. The fraction of sp³-hybridized carbons (Fsp3) is 0.0625. The van der Waals surface area contributed by atoms with E-state index in [-0.39, 0.29) is 6.03 Å².